The summed E-state index contributed by atoms with van der Waals surface area (Å²) in [6, 6.07) is 5.45. The number of piperazine rings is 1. The van der Waals surface area contributed by atoms with Crippen molar-refractivity contribution < 1.29 is 18.0 Å². The highest BCUT2D eigenvalue weighted by atomic mass is 19.4. The number of carbonyl (C=O) groups excluding carboxylic acids is 1. The molecule has 4 nitrogen and oxygen atoms in total. The molecule has 0 saturated carbocycles. The Kier molecular flexibility index (Phi) is 6.62. The number of halogens is 3. The van der Waals surface area contributed by atoms with Gasteiger partial charge in [0.15, 0.2) is 0 Å². The number of hydrogen-bond acceptors (Lipinski definition) is 3. The van der Waals surface area contributed by atoms with Gasteiger partial charge >= 0.3 is 6.18 Å². The maximum absolute atomic E-state index is 12.8. The number of rotatable bonds is 6. The fraction of sp³-hybridized carbons (Fsp3) is 0.588. The van der Waals surface area contributed by atoms with Gasteiger partial charge in [0.05, 0.1) is 5.56 Å². The standard InChI is InChI=1S/C17H24F3N3O/c1-21-7-3-6-16(24)23-10-8-22(9-11-23)13-14-4-2-5-15(12-14)17(18,19)20/h2,4-5,12,21H,3,6-11,13H2,1H3. The molecule has 1 heterocycles. The van der Waals surface area contributed by atoms with Crippen LogP contribution in [0.5, 0.6) is 0 Å². The number of amides is 1. The molecular formula is C17H24F3N3O. The van der Waals surface area contributed by atoms with Crippen LogP contribution in [-0.2, 0) is 17.5 Å². The second kappa shape index (κ2) is 8.48. The van der Waals surface area contributed by atoms with Crippen molar-refractivity contribution >= 4 is 5.91 Å². The summed E-state index contributed by atoms with van der Waals surface area (Å²) in [7, 11) is 1.86. The summed E-state index contributed by atoms with van der Waals surface area (Å²) in [5.41, 5.74) is 0.0389. The van der Waals surface area contributed by atoms with Gasteiger partial charge in [-0.05, 0) is 31.6 Å². The van der Waals surface area contributed by atoms with Crippen LogP contribution in [0.25, 0.3) is 0 Å². The van der Waals surface area contributed by atoms with E-state index in [9.17, 15) is 18.0 Å². The maximum Gasteiger partial charge on any atom is 0.416 e. The molecule has 1 saturated heterocycles. The van der Waals surface area contributed by atoms with E-state index < -0.39 is 11.7 Å². The second-order valence-corrected chi connectivity index (χ2v) is 6.06. The third kappa shape index (κ3) is 5.49. The van der Waals surface area contributed by atoms with Gasteiger partial charge in [-0.3, -0.25) is 9.69 Å². The first kappa shape index (κ1) is 18.7. The smallest absolute Gasteiger partial charge is 0.340 e. The molecule has 1 aliphatic heterocycles. The van der Waals surface area contributed by atoms with Crippen LogP contribution in [0.4, 0.5) is 13.2 Å². The summed E-state index contributed by atoms with van der Waals surface area (Å²) < 4.78 is 38.3. The number of hydrogen-bond donors (Lipinski definition) is 1. The first-order valence-electron chi connectivity index (χ1n) is 8.21. The molecule has 1 fully saturated rings. The van der Waals surface area contributed by atoms with E-state index in [1.54, 1.807) is 6.07 Å². The molecule has 7 heteroatoms. The monoisotopic (exact) mass is 343 g/mol. The van der Waals surface area contributed by atoms with Gasteiger partial charge in [-0.2, -0.15) is 13.2 Å². The average molecular weight is 343 g/mol. The molecule has 1 aromatic carbocycles. The molecule has 2 rings (SSSR count). The van der Waals surface area contributed by atoms with Gasteiger partial charge in [0.25, 0.3) is 0 Å². The highest BCUT2D eigenvalue weighted by Gasteiger charge is 2.30. The Bertz CT molecular complexity index is 540. The zero-order chi connectivity index (χ0) is 17.6. The molecule has 0 spiro atoms. The van der Waals surface area contributed by atoms with Gasteiger partial charge in [-0.1, -0.05) is 18.2 Å². The van der Waals surface area contributed by atoms with Crippen molar-refractivity contribution in [3.05, 3.63) is 35.4 Å². The molecule has 1 aromatic rings. The van der Waals surface area contributed by atoms with Crippen LogP contribution in [-0.4, -0.2) is 55.5 Å². The van der Waals surface area contributed by atoms with Crippen molar-refractivity contribution in [2.45, 2.75) is 25.6 Å². The van der Waals surface area contributed by atoms with Crippen LogP contribution in [0.1, 0.15) is 24.0 Å². The van der Waals surface area contributed by atoms with E-state index in [0.717, 1.165) is 19.0 Å². The third-order valence-corrected chi connectivity index (χ3v) is 4.20. The molecule has 1 N–H and O–H groups in total. The maximum atomic E-state index is 12.8. The summed E-state index contributed by atoms with van der Waals surface area (Å²) in [6.07, 6.45) is -2.96. The van der Waals surface area contributed by atoms with Crippen LogP contribution in [0.2, 0.25) is 0 Å². The lowest BCUT2D eigenvalue weighted by molar-refractivity contribution is -0.137. The summed E-state index contributed by atoms with van der Waals surface area (Å²) in [5.74, 6) is 0.156. The van der Waals surface area contributed by atoms with Crippen molar-refractivity contribution in [2.24, 2.45) is 0 Å². The zero-order valence-corrected chi connectivity index (χ0v) is 13.9. The number of benzene rings is 1. The average Bonchev–Trinajstić information content (AvgIpc) is 2.55. The van der Waals surface area contributed by atoms with E-state index in [4.69, 9.17) is 0 Å². The Morgan fingerprint density at radius 1 is 1.21 bits per heavy atom. The van der Waals surface area contributed by atoms with E-state index in [2.05, 4.69) is 10.2 Å². The number of alkyl halides is 3. The van der Waals surface area contributed by atoms with Crippen LogP contribution in [0.3, 0.4) is 0 Å². The zero-order valence-electron chi connectivity index (χ0n) is 13.9. The number of nitrogens with zero attached hydrogens (tertiary/aromatic N) is 2. The minimum Gasteiger partial charge on any atom is -0.340 e. The largest absolute Gasteiger partial charge is 0.416 e. The Morgan fingerprint density at radius 3 is 2.54 bits per heavy atom. The second-order valence-electron chi connectivity index (χ2n) is 6.06. The lowest BCUT2D eigenvalue weighted by Gasteiger charge is -2.35. The predicted molar refractivity (Wildman–Crippen MR) is 86.5 cm³/mol. The first-order valence-corrected chi connectivity index (χ1v) is 8.21. The van der Waals surface area contributed by atoms with Crippen LogP contribution < -0.4 is 5.32 Å². The highest BCUT2D eigenvalue weighted by Crippen LogP contribution is 2.29. The van der Waals surface area contributed by atoms with Crippen molar-refractivity contribution in [3.63, 3.8) is 0 Å². The summed E-state index contributed by atoms with van der Waals surface area (Å²) in [4.78, 5) is 16.0. The van der Waals surface area contributed by atoms with Gasteiger partial charge in [0.1, 0.15) is 0 Å². The minimum atomic E-state index is -4.31. The van der Waals surface area contributed by atoms with E-state index in [-0.39, 0.29) is 5.91 Å². The van der Waals surface area contributed by atoms with Crippen LogP contribution in [0, 0.1) is 0 Å². The molecule has 24 heavy (non-hydrogen) atoms. The minimum absolute atomic E-state index is 0.156. The summed E-state index contributed by atoms with van der Waals surface area (Å²) in [5, 5.41) is 3.02. The summed E-state index contributed by atoms with van der Waals surface area (Å²) in [6.45, 7) is 3.95. The fourth-order valence-corrected chi connectivity index (χ4v) is 2.83. The molecular weight excluding hydrogens is 319 g/mol. The van der Waals surface area contributed by atoms with E-state index in [1.807, 2.05) is 11.9 Å². The Labute approximate surface area is 140 Å². The topological polar surface area (TPSA) is 35.6 Å². The van der Waals surface area contributed by atoms with Gasteiger partial charge in [0, 0.05) is 39.1 Å². The van der Waals surface area contributed by atoms with Gasteiger partial charge in [-0.15, -0.1) is 0 Å². The SMILES string of the molecule is CNCCCC(=O)N1CCN(Cc2cccc(C(F)(F)F)c2)CC1. The van der Waals surface area contributed by atoms with Crippen LogP contribution >= 0.6 is 0 Å². The molecule has 0 aromatic heterocycles. The quantitative estimate of drug-likeness (QED) is 0.806. The Morgan fingerprint density at radius 2 is 1.92 bits per heavy atom. The first-order chi connectivity index (χ1) is 11.4. The molecule has 1 amide bonds. The van der Waals surface area contributed by atoms with Crippen molar-refractivity contribution in [1.82, 2.24) is 15.1 Å². The normalized spacial score (nSPS) is 16.4. The van der Waals surface area contributed by atoms with E-state index in [1.165, 1.54) is 12.1 Å². The molecule has 134 valence electrons. The van der Waals surface area contributed by atoms with Crippen molar-refractivity contribution in [3.8, 4) is 0 Å². The van der Waals surface area contributed by atoms with Gasteiger partial charge < -0.3 is 10.2 Å². The predicted octanol–water partition coefficient (Wildman–Crippen LogP) is 2.35. The number of nitrogens with one attached hydrogen (secondary N) is 1. The number of carbonyl (C=O) groups is 1. The molecule has 0 radical (unpaired) electrons. The third-order valence-electron chi connectivity index (χ3n) is 4.20. The molecule has 0 atom stereocenters. The van der Waals surface area contributed by atoms with Gasteiger partial charge in [-0.25, -0.2) is 0 Å². The lowest BCUT2D eigenvalue weighted by atomic mass is 10.1. The molecule has 1 aliphatic rings. The van der Waals surface area contributed by atoms with Gasteiger partial charge in [0.2, 0.25) is 5.91 Å². The fourth-order valence-electron chi connectivity index (χ4n) is 2.83. The highest BCUT2D eigenvalue weighted by molar-refractivity contribution is 5.76. The van der Waals surface area contributed by atoms with E-state index >= 15 is 0 Å². The lowest BCUT2D eigenvalue weighted by Crippen LogP contribution is -2.48. The Balaban J connectivity index is 1.82. The van der Waals surface area contributed by atoms with Crippen molar-refractivity contribution in [2.75, 3.05) is 39.8 Å². The van der Waals surface area contributed by atoms with Crippen molar-refractivity contribution in [1.29, 1.82) is 0 Å². The van der Waals surface area contributed by atoms with Crippen LogP contribution in [0.15, 0.2) is 24.3 Å². The summed E-state index contributed by atoms with van der Waals surface area (Å²) >= 11 is 0. The van der Waals surface area contributed by atoms with E-state index in [0.29, 0.717) is 44.7 Å². The molecule has 0 bridgehead atoms. The molecule has 0 aliphatic carbocycles. The molecule has 0 unspecified atom stereocenters. The Hall–Kier alpha value is -1.60.